The second kappa shape index (κ2) is 8.88. The number of carbonyl (C=O) groups excluding carboxylic acids is 3. The third-order valence-corrected chi connectivity index (χ3v) is 5.22. The molecule has 0 spiro atoms. The van der Waals surface area contributed by atoms with Crippen LogP contribution in [0.15, 0.2) is 24.3 Å². The van der Waals surface area contributed by atoms with E-state index in [1.165, 1.54) is 12.8 Å². The van der Waals surface area contributed by atoms with E-state index in [1.807, 2.05) is 12.1 Å². The molecule has 4 amide bonds. The smallest absolute Gasteiger partial charge is 0.325 e. The molecular weight excluding hydrogens is 346 g/mol. The lowest BCUT2D eigenvalue weighted by atomic mass is 10.1. The predicted octanol–water partition coefficient (Wildman–Crippen LogP) is 2.34. The molecule has 1 saturated heterocycles. The molecule has 1 heterocycles. The Balaban J connectivity index is 1.54. The number of urea groups is 1. The highest BCUT2D eigenvalue weighted by atomic mass is 16.5. The molecule has 1 aliphatic carbocycles. The van der Waals surface area contributed by atoms with E-state index < -0.39 is 12.1 Å². The predicted molar refractivity (Wildman–Crippen MR) is 100 cm³/mol. The molecule has 146 valence electrons. The molecule has 1 saturated carbocycles. The zero-order chi connectivity index (χ0) is 19.2. The normalized spacial score (nSPS) is 20.9. The lowest BCUT2D eigenvalue weighted by Gasteiger charge is -2.17. The van der Waals surface area contributed by atoms with Gasteiger partial charge in [-0.25, -0.2) is 4.79 Å². The number of amides is 4. The number of nitrogens with one attached hydrogen (secondary N) is 2. The van der Waals surface area contributed by atoms with Crippen LogP contribution in [-0.2, 0) is 16.1 Å². The molecule has 1 aromatic carbocycles. The van der Waals surface area contributed by atoms with Gasteiger partial charge in [-0.2, -0.15) is 0 Å². The molecule has 1 aliphatic heterocycles. The van der Waals surface area contributed by atoms with E-state index in [1.54, 1.807) is 19.2 Å². The lowest BCUT2D eigenvalue weighted by Crippen LogP contribution is -2.40. The van der Waals surface area contributed by atoms with E-state index in [-0.39, 0.29) is 30.8 Å². The van der Waals surface area contributed by atoms with Gasteiger partial charge in [0.15, 0.2) is 0 Å². The van der Waals surface area contributed by atoms with Crippen molar-refractivity contribution in [3.63, 3.8) is 0 Å². The maximum atomic E-state index is 12.6. The summed E-state index contributed by atoms with van der Waals surface area (Å²) < 4.78 is 5.11. The topological polar surface area (TPSA) is 87.7 Å². The van der Waals surface area contributed by atoms with Gasteiger partial charge in [0, 0.05) is 6.04 Å². The molecule has 27 heavy (non-hydrogen) atoms. The van der Waals surface area contributed by atoms with Crippen LogP contribution in [0.3, 0.4) is 0 Å². The fourth-order valence-corrected chi connectivity index (χ4v) is 3.67. The molecule has 2 aliphatic rings. The Labute approximate surface area is 159 Å². The van der Waals surface area contributed by atoms with Crippen molar-refractivity contribution in [3.8, 4) is 5.75 Å². The first kappa shape index (κ1) is 19.2. The van der Waals surface area contributed by atoms with Crippen molar-refractivity contribution >= 4 is 17.8 Å². The molecule has 3 rings (SSSR count). The van der Waals surface area contributed by atoms with Crippen molar-refractivity contribution in [2.75, 3.05) is 7.11 Å². The fraction of sp³-hybridized carbons (Fsp3) is 0.550. The minimum atomic E-state index is -0.790. The van der Waals surface area contributed by atoms with Crippen LogP contribution in [0.4, 0.5) is 4.79 Å². The number of ether oxygens (including phenoxy) is 1. The number of benzene rings is 1. The summed E-state index contributed by atoms with van der Waals surface area (Å²) in [5, 5.41) is 5.65. The van der Waals surface area contributed by atoms with Crippen molar-refractivity contribution < 1.29 is 19.1 Å². The zero-order valence-electron chi connectivity index (χ0n) is 15.7. The summed E-state index contributed by atoms with van der Waals surface area (Å²) in [6.45, 7) is 0.176. The Morgan fingerprint density at radius 1 is 1.15 bits per heavy atom. The summed E-state index contributed by atoms with van der Waals surface area (Å²) in [7, 11) is 1.58. The Morgan fingerprint density at radius 2 is 1.81 bits per heavy atom. The summed E-state index contributed by atoms with van der Waals surface area (Å²) in [5.41, 5.74) is 0.822. The Kier molecular flexibility index (Phi) is 6.32. The third-order valence-electron chi connectivity index (χ3n) is 5.22. The van der Waals surface area contributed by atoms with Crippen LogP contribution in [0.2, 0.25) is 0 Å². The SMILES string of the molecule is COc1ccc(CN2C(=O)N[C@@H](CC(=O)NC3CCCCCC3)C2=O)cc1. The van der Waals surface area contributed by atoms with Crippen molar-refractivity contribution in [3.05, 3.63) is 29.8 Å². The van der Waals surface area contributed by atoms with Crippen LogP contribution in [0.5, 0.6) is 5.75 Å². The first-order valence-electron chi connectivity index (χ1n) is 9.61. The van der Waals surface area contributed by atoms with Gasteiger partial charge in [0.1, 0.15) is 11.8 Å². The monoisotopic (exact) mass is 373 g/mol. The molecule has 1 aromatic rings. The third kappa shape index (κ3) is 4.99. The summed E-state index contributed by atoms with van der Waals surface area (Å²) in [6, 6.07) is 6.13. The molecule has 0 radical (unpaired) electrons. The van der Waals surface area contributed by atoms with Gasteiger partial charge in [-0.1, -0.05) is 37.8 Å². The molecule has 7 heteroatoms. The molecule has 0 aromatic heterocycles. The maximum absolute atomic E-state index is 12.6. The van der Waals surface area contributed by atoms with Crippen LogP contribution in [0, 0.1) is 0 Å². The summed E-state index contributed by atoms with van der Waals surface area (Å²) >= 11 is 0. The Morgan fingerprint density at radius 3 is 2.44 bits per heavy atom. The van der Waals surface area contributed by atoms with Crippen LogP contribution in [-0.4, -0.2) is 41.9 Å². The standard InChI is InChI=1S/C20H27N3O4/c1-27-16-10-8-14(9-11-16)13-23-19(25)17(22-20(23)26)12-18(24)21-15-6-4-2-3-5-7-15/h8-11,15,17H,2-7,12-13H2,1H3,(H,21,24)(H,22,26)/t17-/m0/s1. The number of carbonyl (C=O) groups is 3. The van der Waals surface area contributed by atoms with Crippen molar-refractivity contribution in [2.45, 2.75) is 63.6 Å². The first-order chi connectivity index (χ1) is 13.1. The number of rotatable bonds is 6. The highest BCUT2D eigenvalue weighted by Gasteiger charge is 2.39. The van der Waals surface area contributed by atoms with E-state index in [2.05, 4.69) is 10.6 Å². The molecular formula is C20H27N3O4. The van der Waals surface area contributed by atoms with E-state index in [4.69, 9.17) is 4.74 Å². The van der Waals surface area contributed by atoms with Crippen molar-refractivity contribution in [2.24, 2.45) is 0 Å². The minimum absolute atomic E-state index is 0.0137. The number of methoxy groups -OCH3 is 1. The van der Waals surface area contributed by atoms with Crippen LogP contribution in [0.25, 0.3) is 0 Å². The molecule has 0 unspecified atom stereocenters. The number of nitrogens with zero attached hydrogens (tertiary/aromatic N) is 1. The van der Waals surface area contributed by atoms with Crippen molar-refractivity contribution in [1.29, 1.82) is 0 Å². The summed E-state index contributed by atoms with van der Waals surface area (Å²) in [4.78, 5) is 38.2. The second-order valence-electron chi connectivity index (χ2n) is 7.23. The van der Waals surface area contributed by atoms with Crippen molar-refractivity contribution in [1.82, 2.24) is 15.5 Å². The van der Waals surface area contributed by atoms with Gasteiger partial charge >= 0.3 is 6.03 Å². The van der Waals surface area contributed by atoms with Gasteiger partial charge in [0.05, 0.1) is 20.1 Å². The fourth-order valence-electron chi connectivity index (χ4n) is 3.67. The van der Waals surface area contributed by atoms with E-state index in [9.17, 15) is 14.4 Å². The zero-order valence-corrected chi connectivity index (χ0v) is 15.7. The molecule has 0 bridgehead atoms. The molecule has 2 fully saturated rings. The second-order valence-corrected chi connectivity index (χ2v) is 7.23. The van der Waals surface area contributed by atoms with Crippen LogP contribution in [0.1, 0.15) is 50.5 Å². The highest BCUT2D eigenvalue weighted by Crippen LogP contribution is 2.19. The Bertz CT molecular complexity index is 681. The summed E-state index contributed by atoms with van der Waals surface area (Å²) in [6.07, 6.45) is 6.63. The average Bonchev–Trinajstić information content (AvgIpc) is 2.85. The summed E-state index contributed by atoms with van der Waals surface area (Å²) in [5.74, 6) is 0.183. The number of hydrogen-bond donors (Lipinski definition) is 2. The van der Waals surface area contributed by atoms with Gasteiger partial charge in [-0.05, 0) is 30.5 Å². The largest absolute Gasteiger partial charge is 0.497 e. The van der Waals surface area contributed by atoms with E-state index >= 15 is 0 Å². The molecule has 1 atom stereocenters. The first-order valence-corrected chi connectivity index (χ1v) is 9.61. The van der Waals surface area contributed by atoms with Gasteiger partial charge in [0.2, 0.25) is 5.91 Å². The van der Waals surface area contributed by atoms with Gasteiger partial charge in [-0.3, -0.25) is 14.5 Å². The van der Waals surface area contributed by atoms with Gasteiger partial charge in [0.25, 0.3) is 5.91 Å². The lowest BCUT2D eigenvalue weighted by molar-refractivity contribution is -0.131. The highest BCUT2D eigenvalue weighted by molar-refractivity contribution is 6.05. The number of imide groups is 1. The quantitative estimate of drug-likeness (QED) is 0.592. The van der Waals surface area contributed by atoms with Crippen LogP contribution >= 0.6 is 0 Å². The van der Waals surface area contributed by atoms with Gasteiger partial charge < -0.3 is 15.4 Å². The molecule has 7 nitrogen and oxygen atoms in total. The number of hydrogen-bond acceptors (Lipinski definition) is 4. The van der Waals surface area contributed by atoms with Crippen LogP contribution < -0.4 is 15.4 Å². The Hall–Kier alpha value is -2.57. The van der Waals surface area contributed by atoms with E-state index in [0.29, 0.717) is 5.75 Å². The van der Waals surface area contributed by atoms with E-state index in [0.717, 1.165) is 36.1 Å². The average molecular weight is 373 g/mol. The van der Waals surface area contributed by atoms with Gasteiger partial charge in [-0.15, -0.1) is 0 Å². The maximum Gasteiger partial charge on any atom is 0.325 e. The molecule has 2 N–H and O–H groups in total. The minimum Gasteiger partial charge on any atom is -0.497 e.